The molecule has 0 saturated carbocycles. The number of carbonyl (C=O) groups excluding carboxylic acids is 3. The Bertz CT molecular complexity index is 841. The second kappa shape index (κ2) is 9.80. The van der Waals surface area contributed by atoms with Gasteiger partial charge in [-0.05, 0) is 49.4 Å². The smallest absolute Gasteiger partial charge is 0.313 e. The van der Waals surface area contributed by atoms with E-state index in [-0.39, 0.29) is 0 Å². The number of benzene rings is 2. The monoisotopic (exact) mass is 409 g/mol. The van der Waals surface area contributed by atoms with E-state index in [4.69, 9.17) is 27.9 Å². The minimum absolute atomic E-state index is 0.298. The zero-order chi connectivity index (χ0) is 19.8. The van der Waals surface area contributed by atoms with Crippen LogP contribution in [0.4, 0.5) is 11.4 Å². The van der Waals surface area contributed by atoms with Crippen LogP contribution in [0, 0.1) is 0 Å². The molecule has 0 fully saturated rings. The van der Waals surface area contributed by atoms with Crippen molar-refractivity contribution in [1.82, 2.24) is 5.32 Å². The summed E-state index contributed by atoms with van der Waals surface area (Å²) in [5, 5.41) is 7.84. The van der Waals surface area contributed by atoms with E-state index in [9.17, 15) is 14.4 Å². The molecule has 0 bridgehead atoms. The molecule has 9 heteroatoms. The summed E-state index contributed by atoms with van der Waals surface area (Å²) >= 11 is 11.8. The molecule has 142 valence electrons. The predicted molar refractivity (Wildman–Crippen MR) is 104 cm³/mol. The number of nitrogens with one attached hydrogen (secondary N) is 3. The van der Waals surface area contributed by atoms with Crippen molar-refractivity contribution in [1.29, 1.82) is 0 Å². The minimum atomic E-state index is -0.948. The summed E-state index contributed by atoms with van der Waals surface area (Å²) in [5.74, 6) is -1.75. The summed E-state index contributed by atoms with van der Waals surface area (Å²) in [4.78, 5) is 35.6. The molecule has 0 aliphatic heterocycles. The lowest BCUT2D eigenvalue weighted by molar-refractivity contribution is -0.136. The number of amides is 3. The number of hydrogen-bond donors (Lipinski definition) is 3. The van der Waals surface area contributed by atoms with Crippen LogP contribution in [0.1, 0.15) is 6.92 Å². The van der Waals surface area contributed by atoms with Crippen molar-refractivity contribution >= 4 is 52.3 Å². The maximum absolute atomic E-state index is 11.9. The zero-order valence-corrected chi connectivity index (χ0v) is 15.9. The van der Waals surface area contributed by atoms with Gasteiger partial charge in [-0.2, -0.15) is 0 Å². The van der Waals surface area contributed by atoms with Gasteiger partial charge in [0.2, 0.25) is 5.91 Å². The predicted octanol–water partition coefficient (Wildman–Crippen LogP) is 3.09. The summed E-state index contributed by atoms with van der Waals surface area (Å²) in [6.45, 7) is 1.98. The standard InChI is InChI=1S/C18H17Cl2N3O4/c1-2-27-13-6-4-12(5-7-13)22-18(26)17(25)21-10-16(24)23-15-9-11(19)3-8-14(15)20/h3-9H,2,10H2,1H3,(H,21,25)(H,22,26)(H,23,24). The average molecular weight is 410 g/mol. The molecule has 7 nitrogen and oxygen atoms in total. The van der Waals surface area contributed by atoms with Crippen molar-refractivity contribution in [2.24, 2.45) is 0 Å². The van der Waals surface area contributed by atoms with Crippen LogP contribution in [-0.2, 0) is 14.4 Å². The first-order chi connectivity index (χ1) is 12.9. The Morgan fingerprint density at radius 3 is 2.33 bits per heavy atom. The fourth-order valence-electron chi connectivity index (χ4n) is 2.02. The molecule has 3 N–H and O–H groups in total. The topological polar surface area (TPSA) is 96.5 Å². The largest absolute Gasteiger partial charge is 0.494 e. The van der Waals surface area contributed by atoms with E-state index < -0.39 is 24.3 Å². The van der Waals surface area contributed by atoms with Gasteiger partial charge in [0, 0.05) is 10.7 Å². The highest BCUT2D eigenvalue weighted by molar-refractivity contribution is 6.40. The van der Waals surface area contributed by atoms with Crippen molar-refractivity contribution in [2.45, 2.75) is 6.92 Å². The maximum atomic E-state index is 11.9. The molecule has 0 atom stereocenters. The van der Waals surface area contributed by atoms with E-state index in [0.29, 0.717) is 33.8 Å². The number of carbonyl (C=O) groups is 3. The number of anilines is 2. The number of hydrogen-bond acceptors (Lipinski definition) is 4. The van der Waals surface area contributed by atoms with Crippen LogP contribution in [0.2, 0.25) is 10.0 Å². The van der Waals surface area contributed by atoms with E-state index in [2.05, 4.69) is 16.0 Å². The van der Waals surface area contributed by atoms with Gasteiger partial charge in [0.15, 0.2) is 0 Å². The summed E-state index contributed by atoms with van der Waals surface area (Å²) in [7, 11) is 0. The summed E-state index contributed by atoms with van der Waals surface area (Å²) in [5.41, 5.74) is 0.732. The highest BCUT2D eigenvalue weighted by atomic mass is 35.5. The van der Waals surface area contributed by atoms with Crippen LogP contribution < -0.4 is 20.7 Å². The zero-order valence-electron chi connectivity index (χ0n) is 14.3. The van der Waals surface area contributed by atoms with Crippen LogP contribution in [-0.4, -0.2) is 30.9 Å². The Hall–Kier alpha value is -2.77. The quantitative estimate of drug-likeness (QED) is 0.638. The van der Waals surface area contributed by atoms with Gasteiger partial charge < -0.3 is 20.7 Å². The van der Waals surface area contributed by atoms with Crippen LogP contribution in [0.3, 0.4) is 0 Å². The van der Waals surface area contributed by atoms with Crippen molar-refractivity contribution in [3.05, 3.63) is 52.5 Å². The van der Waals surface area contributed by atoms with E-state index in [1.165, 1.54) is 12.1 Å². The first-order valence-corrected chi connectivity index (χ1v) is 8.71. The maximum Gasteiger partial charge on any atom is 0.313 e. The Balaban J connectivity index is 1.82. The molecule has 27 heavy (non-hydrogen) atoms. The van der Waals surface area contributed by atoms with Gasteiger partial charge in [0.05, 0.1) is 23.9 Å². The van der Waals surface area contributed by atoms with E-state index in [0.717, 1.165) is 0 Å². The lowest BCUT2D eigenvalue weighted by atomic mass is 10.3. The molecule has 2 aromatic carbocycles. The third-order valence-corrected chi connectivity index (χ3v) is 3.81. The van der Waals surface area contributed by atoms with Crippen LogP contribution in [0.15, 0.2) is 42.5 Å². The Labute approximate surface area is 166 Å². The number of rotatable bonds is 6. The fraction of sp³-hybridized carbons (Fsp3) is 0.167. The van der Waals surface area contributed by atoms with E-state index in [1.54, 1.807) is 30.3 Å². The molecule has 0 aliphatic carbocycles. The van der Waals surface area contributed by atoms with Crippen molar-refractivity contribution in [3.8, 4) is 5.75 Å². The Morgan fingerprint density at radius 2 is 1.67 bits per heavy atom. The molecule has 0 aliphatic rings. The molecule has 0 aromatic heterocycles. The summed E-state index contributed by atoms with van der Waals surface area (Å²) < 4.78 is 5.29. The van der Waals surface area contributed by atoms with Crippen LogP contribution >= 0.6 is 23.2 Å². The van der Waals surface area contributed by atoms with Gasteiger partial charge in [0.25, 0.3) is 0 Å². The van der Waals surface area contributed by atoms with Crippen molar-refractivity contribution in [2.75, 3.05) is 23.8 Å². The molecular weight excluding hydrogens is 393 g/mol. The molecule has 0 heterocycles. The first-order valence-electron chi connectivity index (χ1n) is 7.96. The van der Waals surface area contributed by atoms with Crippen LogP contribution in [0.25, 0.3) is 0 Å². The summed E-state index contributed by atoms with van der Waals surface area (Å²) in [6.07, 6.45) is 0. The second-order valence-electron chi connectivity index (χ2n) is 5.27. The van der Waals surface area contributed by atoms with Gasteiger partial charge in [0.1, 0.15) is 5.75 Å². The van der Waals surface area contributed by atoms with E-state index in [1.807, 2.05) is 6.92 Å². The van der Waals surface area contributed by atoms with Gasteiger partial charge in [-0.1, -0.05) is 23.2 Å². The summed E-state index contributed by atoms with van der Waals surface area (Å²) in [6, 6.07) is 11.1. The van der Waals surface area contributed by atoms with Crippen molar-refractivity contribution in [3.63, 3.8) is 0 Å². The van der Waals surface area contributed by atoms with Gasteiger partial charge in [-0.15, -0.1) is 0 Å². The van der Waals surface area contributed by atoms with Crippen LogP contribution in [0.5, 0.6) is 5.75 Å². The molecule has 2 aromatic rings. The van der Waals surface area contributed by atoms with Gasteiger partial charge in [-0.25, -0.2) is 0 Å². The normalized spacial score (nSPS) is 10.0. The lowest BCUT2D eigenvalue weighted by Crippen LogP contribution is -2.39. The SMILES string of the molecule is CCOc1ccc(NC(=O)C(=O)NCC(=O)Nc2cc(Cl)ccc2Cl)cc1. The molecule has 2 rings (SSSR count). The lowest BCUT2D eigenvalue weighted by Gasteiger charge is -2.09. The first kappa shape index (κ1) is 20.5. The molecule has 3 amide bonds. The van der Waals surface area contributed by atoms with E-state index >= 15 is 0 Å². The number of halogens is 2. The molecule has 0 saturated heterocycles. The Kier molecular flexibility index (Phi) is 7.45. The second-order valence-corrected chi connectivity index (χ2v) is 6.11. The highest BCUT2D eigenvalue weighted by Crippen LogP contribution is 2.25. The fourth-order valence-corrected chi connectivity index (χ4v) is 2.35. The number of ether oxygens (including phenoxy) is 1. The third-order valence-electron chi connectivity index (χ3n) is 3.24. The molecular formula is C18H17Cl2N3O4. The third kappa shape index (κ3) is 6.47. The Morgan fingerprint density at radius 1 is 0.963 bits per heavy atom. The van der Waals surface area contributed by atoms with Gasteiger partial charge >= 0.3 is 11.8 Å². The molecule has 0 radical (unpaired) electrons. The minimum Gasteiger partial charge on any atom is -0.494 e. The van der Waals surface area contributed by atoms with Crippen molar-refractivity contribution < 1.29 is 19.1 Å². The molecule has 0 unspecified atom stereocenters. The van der Waals surface area contributed by atoms with Gasteiger partial charge in [-0.3, -0.25) is 14.4 Å². The molecule has 0 spiro atoms. The average Bonchev–Trinajstić information content (AvgIpc) is 2.64. The highest BCUT2D eigenvalue weighted by Gasteiger charge is 2.15.